The van der Waals surface area contributed by atoms with Crippen molar-refractivity contribution in [3.8, 4) is 0 Å². The average Bonchev–Trinajstić information content (AvgIpc) is 3.62. The number of nitrogens with zero attached hydrogens (tertiary/aromatic N) is 5. The second-order valence-corrected chi connectivity index (χ2v) is 10.9. The maximum atomic E-state index is 13.5. The number of hydrogen-bond donors (Lipinski definition) is 2. The third kappa shape index (κ3) is 4.87. The molecule has 6 rings (SSSR count). The molecule has 194 valence electrons. The van der Waals surface area contributed by atoms with Crippen LogP contribution in [0.5, 0.6) is 0 Å². The Kier molecular flexibility index (Phi) is 6.55. The maximum Gasteiger partial charge on any atom is 0.267 e. The van der Waals surface area contributed by atoms with Gasteiger partial charge in [-0.1, -0.05) is 59.5 Å². The van der Waals surface area contributed by atoms with E-state index in [1.54, 1.807) is 24.4 Å². The molecule has 5 heterocycles. The highest BCUT2D eigenvalue weighted by Crippen LogP contribution is 2.28. The summed E-state index contributed by atoms with van der Waals surface area (Å²) in [7, 11) is 0. The fourth-order valence-electron chi connectivity index (χ4n) is 4.18. The summed E-state index contributed by atoms with van der Waals surface area (Å²) >= 11 is 2.77. The number of thioether (sulfide) groups is 1. The average molecular weight is 556 g/mol. The molecule has 1 aromatic carbocycles. The Morgan fingerprint density at radius 3 is 2.74 bits per heavy atom. The quantitative estimate of drug-likeness (QED) is 0.169. The Hall–Kier alpha value is -4.55. The largest absolute Gasteiger partial charge is 0.467 e. The van der Waals surface area contributed by atoms with Gasteiger partial charge in [-0.3, -0.25) is 24.7 Å². The van der Waals surface area contributed by atoms with Crippen LogP contribution in [0.1, 0.15) is 27.2 Å². The highest BCUT2D eigenvalue weighted by Gasteiger charge is 2.20. The van der Waals surface area contributed by atoms with Crippen molar-refractivity contribution in [1.82, 2.24) is 24.1 Å². The van der Waals surface area contributed by atoms with Crippen LogP contribution in [0.15, 0.2) is 86.7 Å². The van der Waals surface area contributed by atoms with Crippen LogP contribution in [0, 0.1) is 12.3 Å². The summed E-state index contributed by atoms with van der Waals surface area (Å²) in [6, 6.07) is 18.5. The summed E-state index contributed by atoms with van der Waals surface area (Å²) in [4.78, 5) is 31.6. The fraction of sp³-hybridized carbons (Fsp3) is 0.111. The van der Waals surface area contributed by atoms with E-state index in [1.165, 1.54) is 44.4 Å². The van der Waals surface area contributed by atoms with Gasteiger partial charge in [-0.2, -0.15) is 0 Å². The zero-order chi connectivity index (χ0) is 26.9. The van der Waals surface area contributed by atoms with E-state index in [-0.39, 0.29) is 28.5 Å². The SMILES string of the molecule is Cc1cccn2c(=O)c3cc(C(=O)Nc4nnc(SCc5ccccc5)s4)c(=N)n(Cc4ccco4)c3nc12. The summed E-state index contributed by atoms with van der Waals surface area (Å²) in [5.74, 6) is 0.713. The van der Waals surface area contributed by atoms with Crippen LogP contribution in [-0.2, 0) is 12.3 Å². The minimum Gasteiger partial charge on any atom is -0.467 e. The van der Waals surface area contributed by atoms with Crippen LogP contribution < -0.4 is 16.4 Å². The fourth-order valence-corrected chi connectivity index (χ4v) is 5.89. The molecule has 0 atom stereocenters. The number of nitrogens with one attached hydrogen (secondary N) is 2. The molecule has 0 radical (unpaired) electrons. The van der Waals surface area contributed by atoms with E-state index in [2.05, 4.69) is 15.5 Å². The van der Waals surface area contributed by atoms with Gasteiger partial charge < -0.3 is 8.98 Å². The lowest BCUT2D eigenvalue weighted by Crippen LogP contribution is -2.32. The van der Waals surface area contributed by atoms with Gasteiger partial charge in [0.15, 0.2) is 4.34 Å². The van der Waals surface area contributed by atoms with Crippen LogP contribution in [0.4, 0.5) is 5.13 Å². The molecule has 0 saturated heterocycles. The summed E-state index contributed by atoms with van der Waals surface area (Å²) in [6.07, 6.45) is 3.17. The molecule has 0 unspecified atom stereocenters. The van der Waals surface area contributed by atoms with Crippen molar-refractivity contribution in [3.63, 3.8) is 0 Å². The summed E-state index contributed by atoms with van der Waals surface area (Å²) in [5, 5.41) is 20.4. The standard InChI is InChI=1S/C27H21N7O3S2/c1-16-7-5-11-33-22(16)29-23-20(25(33)36)13-19(21(28)34(23)14-18-10-6-12-37-18)24(35)30-26-31-32-27(39-26)38-15-17-8-3-2-4-9-17/h2-13,28H,14-15H2,1H3,(H,30,31,35). The topological polar surface area (TPSA) is 131 Å². The number of rotatable bonds is 7. The number of amides is 1. The summed E-state index contributed by atoms with van der Waals surface area (Å²) in [6.45, 7) is 1.99. The van der Waals surface area contributed by atoms with Gasteiger partial charge in [-0.05, 0) is 42.3 Å². The van der Waals surface area contributed by atoms with Gasteiger partial charge in [-0.25, -0.2) is 4.98 Å². The van der Waals surface area contributed by atoms with E-state index in [1.807, 2.05) is 43.3 Å². The van der Waals surface area contributed by atoms with Crippen LogP contribution in [0.2, 0.25) is 0 Å². The lowest BCUT2D eigenvalue weighted by atomic mass is 10.2. The molecular weight excluding hydrogens is 534 g/mol. The molecule has 5 aromatic heterocycles. The smallest absolute Gasteiger partial charge is 0.267 e. The van der Waals surface area contributed by atoms with Crippen LogP contribution >= 0.6 is 23.1 Å². The Bertz CT molecular complexity index is 1940. The van der Waals surface area contributed by atoms with E-state index < -0.39 is 5.91 Å². The van der Waals surface area contributed by atoms with Gasteiger partial charge in [0.1, 0.15) is 22.5 Å². The number of benzene rings is 1. The Labute approximate surface area is 229 Å². The highest BCUT2D eigenvalue weighted by atomic mass is 32.2. The Balaban J connectivity index is 1.38. The van der Waals surface area contributed by atoms with Gasteiger partial charge in [0.25, 0.3) is 11.5 Å². The number of pyridine rings is 2. The van der Waals surface area contributed by atoms with Gasteiger partial charge in [0, 0.05) is 11.9 Å². The third-order valence-corrected chi connectivity index (χ3v) is 8.15. The molecule has 0 aliphatic rings. The van der Waals surface area contributed by atoms with Crippen LogP contribution in [0.25, 0.3) is 16.7 Å². The molecule has 0 spiro atoms. The van der Waals surface area contributed by atoms with Crippen molar-refractivity contribution in [3.05, 3.63) is 111 Å². The molecule has 0 bridgehead atoms. The molecule has 12 heteroatoms. The van der Waals surface area contributed by atoms with Crippen molar-refractivity contribution in [2.45, 2.75) is 23.6 Å². The van der Waals surface area contributed by atoms with E-state index in [0.717, 1.165) is 16.9 Å². The van der Waals surface area contributed by atoms with E-state index in [9.17, 15) is 9.59 Å². The predicted octanol–water partition coefficient (Wildman–Crippen LogP) is 4.47. The van der Waals surface area contributed by atoms with Gasteiger partial charge in [-0.15, -0.1) is 10.2 Å². The van der Waals surface area contributed by atoms with Crippen molar-refractivity contribution >= 4 is 50.8 Å². The Morgan fingerprint density at radius 1 is 1.10 bits per heavy atom. The molecule has 0 saturated carbocycles. The number of aromatic nitrogens is 5. The van der Waals surface area contributed by atoms with Crippen LogP contribution in [-0.4, -0.2) is 30.1 Å². The summed E-state index contributed by atoms with van der Waals surface area (Å²) in [5.41, 5.74) is 2.31. The van der Waals surface area contributed by atoms with Gasteiger partial charge in [0.05, 0.1) is 23.8 Å². The minimum atomic E-state index is -0.570. The summed E-state index contributed by atoms with van der Waals surface area (Å²) < 4.78 is 9.16. The first-order chi connectivity index (χ1) is 19.0. The molecule has 1 amide bonds. The maximum absolute atomic E-state index is 13.5. The molecule has 0 aliphatic heterocycles. The normalized spacial score (nSPS) is 11.3. The van der Waals surface area contributed by atoms with Gasteiger partial charge >= 0.3 is 0 Å². The Morgan fingerprint density at radius 2 is 1.95 bits per heavy atom. The first kappa shape index (κ1) is 24.8. The van der Waals surface area contributed by atoms with E-state index in [0.29, 0.717) is 26.5 Å². The number of fused-ring (bicyclic) bond motifs is 2. The number of furan rings is 1. The molecule has 2 N–H and O–H groups in total. The van der Waals surface area contributed by atoms with E-state index in [4.69, 9.17) is 14.8 Å². The van der Waals surface area contributed by atoms with Crippen molar-refractivity contribution in [2.75, 3.05) is 5.32 Å². The monoisotopic (exact) mass is 555 g/mol. The number of aryl methyl sites for hydroxylation is 1. The lowest BCUT2D eigenvalue weighted by Gasteiger charge is -2.14. The first-order valence-electron chi connectivity index (χ1n) is 11.9. The van der Waals surface area contributed by atoms with Gasteiger partial charge in [0.2, 0.25) is 5.13 Å². The number of hydrogen-bond acceptors (Lipinski definition) is 9. The zero-order valence-electron chi connectivity index (χ0n) is 20.6. The minimum absolute atomic E-state index is 0.00856. The molecule has 39 heavy (non-hydrogen) atoms. The molecular formula is C27H21N7O3S2. The van der Waals surface area contributed by atoms with Crippen molar-refractivity contribution in [2.24, 2.45) is 0 Å². The first-order valence-corrected chi connectivity index (χ1v) is 13.7. The number of anilines is 1. The third-order valence-electron chi connectivity index (χ3n) is 6.10. The lowest BCUT2D eigenvalue weighted by molar-refractivity contribution is 0.102. The molecule has 0 aliphatic carbocycles. The molecule has 6 aromatic rings. The van der Waals surface area contributed by atoms with Crippen molar-refractivity contribution in [1.29, 1.82) is 5.41 Å². The predicted molar refractivity (Wildman–Crippen MR) is 149 cm³/mol. The molecule has 0 fully saturated rings. The van der Waals surface area contributed by atoms with E-state index >= 15 is 0 Å². The molecule has 10 nitrogen and oxygen atoms in total. The van der Waals surface area contributed by atoms with Crippen LogP contribution in [0.3, 0.4) is 0 Å². The highest BCUT2D eigenvalue weighted by molar-refractivity contribution is 8.00. The second-order valence-electron chi connectivity index (χ2n) is 8.71. The number of carbonyl (C=O) groups is 1. The number of carbonyl (C=O) groups excluding carboxylic acids is 1. The zero-order valence-corrected chi connectivity index (χ0v) is 22.3. The van der Waals surface area contributed by atoms with Crippen molar-refractivity contribution < 1.29 is 9.21 Å². The second kappa shape index (κ2) is 10.3.